The fraction of sp³-hybridized carbons (Fsp3) is 0.875. The van der Waals surface area contributed by atoms with E-state index in [0.717, 1.165) is 12.8 Å². The third kappa shape index (κ3) is 2.79. The molecule has 1 aliphatic carbocycles. The number of rotatable bonds is 4. The molecular formula is C8H16N2O2. The third-order valence-corrected chi connectivity index (χ3v) is 2.18. The second kappa shape index (κ2) is 4.42. The number of carbonyl (C=O) groups excluding carboxylic acids is 1. The molecule has 3 N–H and O–H groups in total. The van der Waals surface area contributed by atoms with Crippen molar-refractivity contribution in [2.75, 3.05) is 13.6 Å². The first-order chi connectivity index (χ1) is 5.72. The van der Waals surface area contributed by atoms with E-state index in [4.69, 9.17) is 5.11 Å². The summed E-state index contributed by atoms with van der Waals surface area (Å²) in [6.45, 7) is 0.705. The Morgan fingerprint density at radius 3 is 2.75 bits per heavy atom. The lowest BCUT2D eigenvalue weighted by atomic mass is 9.89. The van der Waals surface area contributed by atoms with Crippen LogP contribution in [0.15, 0.2) is 0 Å². The van der Waals surface area contributed by atoms with Crippen LogP contribution in [0.1, 0.15) is 19.3 Å². The molecule has 0 aliphatic heterocycles. The number of hydrogen-bond donors (Lipinski definition) is 3. The zero-order valence-electron chi connectivity index (χ0n) is 7.34. The summed E-state index contributed by atoms with van der Waals surface area (Å²) in [6, 6.07) is 0.421. The van der Waals surface area contributed by atoms with Crippen LogP contribution in [-0.2, 0) is 4.79 Å². The molecule has 70 valence electrons. The van der Waals surface area contributed by atoms with Gasteiger partial charge in [0, 0.05) is 26.1 Å². The fourth-order valence-corrected chi connectivity index (χ4v) is 1.27. The van der Waals surface area contributed by atoms with Gasteiger partial charge in [-0.1, -0.05) is 0 Å². The summed E-state index contributed by atoms with van der Waals surface area (Å²) in [5.41, 5.74) is 0. The first kappa shape index (κ1) is 9.48. The van der Waals surface area contributed by atoms with E-state index < -0.39 is 0 Å². The van der Waals surface area contributed by atoms with Gasteiger partial charge in [-0.2, -0.15) is 0 Å². The van der Waals surface area contributed by atoms with Crippen LogP contribution in [0.5, 0.6) is 0 Å². The molecule has 12 heavy (non-hydrogen) atoms. The van der Waals surface area contributed by atoms with Crippen LogP contribution in [0.4, 0.5) is 0 Å². The number of nitrogens with one attached hydrogen (secondary N) is 2. The highest BCUT2D eigenvalue weighted by molar-refractivity contribution is 5.75. The van der Waals surface area contributed by atoms with Crippen molar-refractivity contribution in [1.82, 2.24) is 10.6 Å². The van der Waals surface area contributed by atoms with Gasteiger partial charge in [0.1, 0.15) is 0 Å². The average Bonchev–Trinajstić information content (AvgIpc) is 2.01. The van der Waals surface area contributed by atoms with Crippen molar-refractivity contribution >= 4 is 5.91 Å². The third-order valence-electron chi connectivity index (χ3n) is 2.18. The SMILES string of the molecule is CNC(=O)CCNC1CC(O)C1. The number of carbonyl (C=O) groups is 1. The number of amides is 1. The van der Waals surface area contributed by atoms with Crippen molar-refractivity contribution in [3.63, 3.8) is 0 Å². The second-order valence-electron chi connectivity index (χ2n) is 3.20. The normalized spacial score (nSPS) is 27.8. The number of aliphatic hydroxyl groups excluding tert-OH is 1. The standard InChI is InChI=1S/C8H16N2O2/c1-9-8(12)2-3-10-6-4-7(11)5-6/h6-7,10-11H,2-5H2,1H3,(H,9,12). The van der Waals surface area contributed by atoms with Gasteiger partial charge < -0.3 is 15.7 Å². The highest BCUT2D eigenvalue weighted by Gasteiger charge is 2.26. The Labute approximate surface area is 72.3 Å². The molecule has 0 saturated heterocycles. The zero-order chi connectivity index (χ0) is 8.97. The molecule has 4 heteroatoms. The first-order valence-corrected chi connectivity index (χ1v) is 4.34. The Morgan fingerprint density at radius 2 is 2.25 bits per heavy atom. The summed E-state index contributed by atoms with van der Waals surface area (Å²) < 4.78 is 0. The molecule has 0 radical (unpaired) electrons. The van der Waals surface area contributed by atoms with Crippen molar-refractivity contribution in [3.8, 4) is 0 Å². The minimum atomic E-state index is -0.123. The Bertz CT molecular complexity index is 155. The van der Waals surface area contributed by atoms with E-state index in [1.807, 2.05) is 0 Å². The molecule has 0 aromatic carbocycles. The molecule has 1 rings (SSSR count). The molecule has 4 nitrogen and oxygen atoms in total. The molecule has 0 heterocycles. The van der Waals surface area contributed by atoms with Crippen molar-refractivity contribution in [3.05, 3.63) is 0 Å². The Hall–Kier alpha value is -0.610. The van der Waals surface area contributed by atoms with Crippen LogP contribution in [0.25, 0.3) is 0 Å². The lowest BCUT2D eigenvalue weighted by Gasteiger charge is -2.32. The molecule has 1 amide bonds. The second-order valence-corrected chi connectivity index (χ2v) is 3.20. The predicted octanol–water partition coefficient (Wildman–Crippen LogP) is -0.765. The topological polar surface area (TPSA) is 61.4 Å². The van der Waals surface area contributed by atoms with Crippen LogP contribution in [-0.4, -0.2) is 36.8 Å². The van der Waals surface area contributed by atoms with E-state index in [1.54, 1.807) is 7.05 Å². The Morgan fingerprint density at radius 1 is 1.58 bits per heavy atom. The van der Waals surface area contributed by atoms with E-state index in [-0.39, 0.29) is 12.0 Å². The molecule has 1 aliphatic rings. The van der Waals surface area contributed by atoms with E-state index in [1.165, 1.54) is 0 Å². The van der Waals surface area contributed by atoms with Crippen LogP contribution in [0.2, 0.25) is 0 Å². The summed E-state index contributed by atoms with van der Waals surface area (Å²) in [6.07, 6.45) is 2.05. The van der Waals surface area contributed by atoms with Crippen LogP contribution < -0.4 is 10.6 Å². The van der Waals surface area contributed by atoms with Gasteiger partial charge >= 0.3 is 0 Å². The number of aliphatic hydroxyl groups is 1. The highest BCUT2D eigenvalue weighted by Crippen LogP contribution is 2.18. The van der Waals surface area contributed by atoms with Gasteiger partial charge in [-0.05, 0) is 12.8 Å². The van der Waals surface area contributed by atoms with Crippen molar-refractivity contribution in [2.24, 2.45) is 0 Å². The van der Waals surface area contributed by atoms with Gasteiger partial charge in [-0.25, -0.2) is 0 Å². The Balaban J connectivity index is 1.93. The maximum absolute atomic E-state index is 10.8. The van der Waals surface area contributed by atoms with Crippen molar-refractivity contribution in [2.45, 2.75) is 31.4 Å². The molecule has 1 saturated carbocycles. The van der Waals surface area contributed by atoms with Crippen molar-refractivity contribution in [1.29, 1.82) is 0 Å². The average molecular weight is 172 g/mol. The minimum absolute atomic E-state index is 0.0578. The molecule has 0 atom stereocenters. The summed E-state index contributed by atoms with van der Waals surface area (Å²) in [4.78, 5) is 10.8. The lowest BCUT2D eigenvalue weighted by molar-refractivity contribution is -0.120. The van der Waals surface area contributed by atoms with Crippen LogP contribution in [0, 0.1) is 0 Å². The van der Waals surface area contributed by atoms with Gasteiger partial charge in [0.25, 0.3) is 0 Å². The maximum atomic E-state index is 10.8. The van der Waals surface area contributed by atoms with E-state index >= 15 is 0 Å². The van der Waals surface area contributed by atoms with Gasteiger partial charge in [-0.15, -0.1) is 0 Å². The maximum Gasteiger partial charge on any atom is 0.221 e. The summed E-state index contributed by atoms with van der Waals surface area (Å²) >= 11 is 0. The summed E-state index contributed by atoms with van der Waals surface area (Å²) in [7, 11) is 1.63. The largest absolute Gasteiger partial charge is 0.393 e. The van der Waals surface area contributed by atoms with Gasteiger partial charge in [0.2, 0.25) is 5.91 Å². The van der Waals surface area contributed by atoms with Crippen molar-refractivity contribution < 1.29 is 9.90 Å². The van der Waals surface area contributed by atoms with Crippen LogP contribution in [0.3, 0.4) is 0 Å². The van der Waals surface area contributed by atoms with E-state index in [2.05, 4.69) is 10.6 Å². The van der Waals surface area contributed by atoms with E-state index in [9.17, 15) is 4.79 Å². The molecule has 0 aromatic rings. The molecular weight excluding hydrogens is 156 g/mol. The molecule has 0 aromatic heterocycles. The van der Waals surface area contributed by atoms with Gasteiger partial charge in [-0.3, -0.25) is 4.79 Å². The first-order valence-electron chi connectivity index (χ1n) is 4.34. The molecule has 0 unspecified atom stereocenters. The smallest absolute Gasteiger partial charge is 0.221 e. The quantitative estimate of drug-likeness (QED) is 0.522. The number of hydrogen-bond acceptors (Lipinski definition) is 3. The highest BCUT2D eigenvalue weighted by atomic mass is 16.3. The Kier molecular flexibility index (Phi) is 3.49. The van der Waals surface area contributed by atoms with Crippen LogP contribution >= 0.6 is 0 Å². The molecule has 1 fully saturated rings. The lowest BCUT2D eigenvalue weighted by Crippen LogP contribution is -2.45. The van der Waals surface area contributed by atoms with E-state index in [0.29, 0.717) is 19.0 Å². The molecule has 0 bridgehead atoms. The minimum Gasteiger partial charge on any atom is -0.393 e. The summed E-state index contributed by atoms with van der Waals surface area (Å²) in [5, 5.41) is 14.7. The predicted molar refractivity (Wildman–Crippen MR) is 45.7 cm³/mol. The summed E-state index contributed by atoms with van der Waals surface area (Å²) in [5.74, 6) is 0.0578. The van der Waals surface area contributed by atoms with Gasteiger partial charge in [0.05, 0.1) is 6.10 Å². The zero-order valence-corrected chi connectivity index (χ0v) is 7.34. The molecule has 0 spiro atoms. The fourth-order valence-electron chi connectivity index (χ4n) is 1.27. The monoisotopic (exact) mass is 172 g/mol. The van der Waals surface area contributed by atoms with Gasteiger partial charge in [0.15, 0.2) is 0 Å².